The number of carbonyl (C=O) groups is 1. The van der Waals surface area contributed by atoms with Crippen LogP contribution < -0.4 is 0 Å². The molecule has 0 aliphatic carbocycles. The molecule has 0 aromatic heterocycles. The Labute approximate surface area is 116 Å². The zero-order chi connectivity index (χ0) is 12.8. The molecule has 0 saturated heterocycles. The number of hydrogen-bond donors (Lipinski definition) is 0. The van der Waals surface area contributed by atoms with E-state index < -0.39 is 0 Å². The SMILES string of the molecule is CCCCN(CC)C(=O)c1cc(Br)ccc1Cl. The molecule has 1 rings (SSSR count). The number of unbranched alkanes of at least 4 members (excludes halogenated alkanes) is 1. The Morgan fingerprint density at radius 1 is 1.41 bits per heavy atom. The molecule has 0 radical (unpaired) electrons. The van der Waals surface area contributed by atoms with E-state index in [9.17, 15) is 4.79 Å². The predicted molar refractivity (Wildman–Crippen MR) is 75.6 cm³/mol. The number of amides is 1. The fraction of sp³-hybridized carbons (Fsp3) is 0.462. The molecule has 4 heteroatoms. The third-order valence-electron chi connectivity index (χ3n) is 2.61. The summed E-state index contributed by atoms with van der Waals surface area (Å²) in [5.74, 6) is 0.00671. The van der Waals surface area contributed by atoms with Crippen LogP contribution in [0.15, 0.2) is 22.7 Å². The van der Waals surface area contributed by atoms with Crippen LogP contribution in [0.2, 0.25) is 5.02 Å². The maximum Gasteiger partial charge on any atom is 0.255 e. The van der Waals surface area contributed by atoms with E-state index in [1.54, 1.807) is 12.1 Å². The highest BCUT2D eigenvalue weighted by Crippen LogP contribution is 2.22. The molecule has 2 nitrogen and oxygen atoms in total. The highest BCUT2D eigenvalue weighted by molar-refractivity contribution is 9.10. The van der Waals surface area contributed by atoms with Crippen molar-refractivity contribution in [2.45, 2.75) is 26.7 Å². The van der Waals surface area contributed by atoms with Gasteiger partial charge in [0, 0.05) is 17.6 Å². The monoisotopic (exact) mass is 317 g/mol. The molecule has 0 bridgehead atoms. The first kappa shape index (κ1) is 14.5. The number of halogens is 2. The Morgan fingerprint density at radius 3 is 2.71 bits per heavy atom. The Hall–Kier alpha value is -0.540. The van der Waals surface area contributed by atoms with Gasteiger partial charge >= 0.3 is 0 Å². The molecule has 1 aromatic rings. The van der Waals surface area contributed by atoms with Crippen molar-refractivity contribution in [3.63, 3.8) is 0 Å². The molecule has 0 aliphatic rings. The topological polar surface area (TPSA) is 20.3 Å². The van der Waals surface area contributed by atoms with Crippen molar-refractivity contribution in [1.82, 2.24) is 4.90 Å². The lowest BCUT2D eigenvalue weighted by Crippen LogP contribution is -2.31. The van der Waals surface area contributed by atoms with E-state index in [-0.39, 0.29) is 5.91 Å². The first-order valence-electron chi connectivity index (χ1n) is 5.84. The lowest BCUT2D eigenvalue weighted by molar-refractivity contribution is 0.0762. The predicted octanol–water partition coefficient (Wildman–Crippen LogP) is 4.36. The van der Waals surface area contributed by atoms with Crippen LogP contribution in [0.4, 0.5) is 0 Å². The average Bonchev–Trinajstić information content (AvgIpc) is 2.33. The molecule has 0 N–H and O–H groups in total. The van der Waals surface area contributed by atoms with E-state index in [0.717, 1.165) is 23.9 Å². The summed E-state index contributed by atoms with van der Waals surface area (Å²) < 4.78 is 0.872. The molecule has 94 valence electrons. The fourth-order valence-electron chi connectivity index (χ4n) is 1.58. The summed E-state index contributed by atoms with van der Waals surface area (Å²) in [7, 11) is 0. The Bertz CT molecular complexity index is 395. The second kappa shape index (κ2) is 7.02. The summed E-state index contributed by atoms with van der Waals surface area (Å²) in [5.41, 5.74) is 0.569. The van der Waals surface area contributed by atoms with E-state index in [4.69, 9.17) is 11.6 Å². The number of hydrogen-bond acceptors (Lipinski definition) is 1. The first-order valence-corrected chi connectivity index (χ1v) is 7.01. The molecule has 0 atom stereocenters. The maximum absolute atomic E-state index is 12.3. The molecular weight excluding hydrogens is 302 g/mol. The van der Waals surface area contributed by atoms with Gasteiger partial charge in [-0.1, -0.05) is 40.9 Å². The van der Waals surface area contributed by atoms with E-state index in [1.807, 2.05) is 17.9 Å². The fourth-order valence-corrected chi connectivity index (χ4v) is 2.14. The third kappa shape index (κ3) is 4.00. The minimum absolute atomic E-state index is 0.00671. The highest BCUT2D eigenvalue weighted by Gasteiger charge is 2.16. The first-order chi connectivity index (χ1) is 8.10. The molecule has 1 aromatic carbocycles. The van der Waals surface area contributed by atoms with Crippen molar-refractivity contribution in [2.24, 2.45) is 0 Å². The Morgan fingerprint density at radius 2 is 2.12 bits per heavy atom. The number of carbonyl (C=O) groups excluding carboxylic acids is 1. The summed E-state index contributed by atoms with van der Waals surface area (Å²) in [5, 5.41) is 0.508. The van der Waals surface area contributed by atoms with Crippen molar-refractivity contribution in [3.8, 4) is 0 Å². The van der Waals surface area contributed by atoms with Crippen LogP contribution >= 0.6 is 27.5 Å². The van der Waals surface area contributed by atoms with E-state index in [1.165, 1.54) is 0 Å². The van der Waals surface area contributed by atoms with Gasteiger partial charge in [-0.3, -0.25) is 4.79 Å². The van der Waals surface area contributed by atoms with Crippen molar-refractivity contribution in [2.75, 3.05) is 13.1 Å². The lowest BCUT2D eigenvalue weighted by Gasteiger charge is -2.21. The van der Waals surface area contributed by atoms with Crippen LogP contribution in [-0.4, -0.2) is 23.9 Å². The zero-order valence-electron chi connectivity index (χ0n) is 10.2. The average molecular weight is 319 g/mol. The zero-order valence-corrected chi connectivity index (χ0v) is 12.5. The van der Waals surface area contributed by atoms with Gasteiger partial charge in [0.15, 0.2) is 0 Å². The van der Waals surface area contributed by atoms with Gasteiger partial charge in [-0.05, 0) is 31.5 Å². The number of nitrogens with zero attached hydrogens (tertiary/aromatic N) is 1. The summed E-state index contributed by atoms with van der Waals surface area (Å²) in [6.45, 7) is 5.60. The van der Waals surface area contributed by atoms with Crippen LogP contribution in [0.25, 0.3) is 0 Å². The van der Waals surface area contributed by atoms with Crippen LogP contribution in [0.5, 0.6) is 0 Å². The minimum Gasteiger partial charge on any atom is -0.339 e. The summed E-state index contributed by atoms with van der Waals surface area (Å²) >= 11 is 9.42. The third-order valence-corrected chi connectivity index (χ3v) is 3.43. The molecule has 0 unspecified atom stereocenters. The van der Waals surface area contributed by atoms with E-state index in [0.29, 0.717) is 17.1 Å². The van der Waals surface area contributed by atoms with Gasteiger partial charge in [-0.15, -0.1) is 0 Å². The number of rotatable bonds is 5. The van der Waals surface area contributed by atoms with Crippen LogP contribution in [-0.2, 0) is 0 Å². The van der Waals surface area contributed by atoms with Crippen LogP contribution in [0, 0.1) is 0 Å². The second-order valence-corrected chi connectivity index (χ2v) is 5.19. The Kier molecular flexibility index (Phi) is 6.00. The quantitative estimate of drug-likeness (QED) is 0.789. The normalized spacial score (nSPS) is 10.4. The Balaban J connectivity index is 2.89. The largest absolute Gasteiger partial charge is 0.339 e. The molecule has 0 fully saturated rings. The molecule has 0 saturated carbocycles. The van der Waals surface area contributed by atoms with Gasteiger partial charge < -0.3 is 4.90 Å². The van der Waals surface area contributed by atoms with Gasteiger partial charge in [0.05, 0.1) is 10.6 Å². The molecule has 1 amide bonds. The summed E-state index contributed by atoms with van der Waals surface area (Å²) in [6.07, 6.45) is 2.10. The second-order valence-electron chi connectivity index (χ2n) is 3.86. The van der Waals surface area contributed by atoms with Crippen molar-refractivity contribution >= 4 is 33.4 Å². The van der Waals surface area contributed by atoms with Crippen LogP contribution in [0.1, 0.15) is 37.0 Å². The van der Waals surface area contributed by atoms with E-state index >= 15 is 0 Å². The van der Waals surface area contributed by atoms with Gasteiger partial charge in [0.25, 0.3) is 5.91 Å². The van der Waals surface area contributed by atoms with Gasteiger partial charge in [-0.2, -0.15) is 0 Å². The summed E-state index contributed by atoms with van der Waals surface area (Å²) in [4.78, 5) is 14.1. The van der Waals surface area contributed by atoms with Gasteiger partial charge in [0.2, 0.25) is 0 Å². The minimum atomic E-state index is 0.00671. The molecule has 0 aliphatic heterocycles. The van der Waals surface area contributed by atoms with Crippen molar-refractivity contribution in [1.29, 1.82) is 0 Å². The summed E-state index contributed by atoms with van der Waals surface area (Å²) in [6, 6.07) is 5.35. The lowest BCUT2D eigenvalue weighted by atomic mass is 10.2. The maximum atomic E-state index is 12.3. The molecule has 0 spiro atoms. The highest BCUT2D eigenvalue weighted by atomic mass is 79.9. The van der Waals surface area contributed by atoms with Gasteiger partial charge in [-0.25, -0.2) is 0 Å². The van der Waals surface area contributed by atoms with Crippen molar-refractivity contribution in [3.05, 3.63) is 33.3 Å². The smallest absolute Gasteiger partial charge is 0.255 e. The van der Waals surface area contributed by atoms with Crippen LogP contribution in [0.3, 0.4) is 0 Å². The molecule has 0 heterocycles. The van der Waals surface area contributed by atoms with Gasteiger partial charge in [0.1, 0.15) is 0 Å². The van der Waals surface area contributed by atoms with E-state index in [2.05, 4.69) is 22.9 Å². The standard InChI is InChI=1S/C13H17BrClNO/c1-3-5-8-16(4-2)13(17)11-9-10(14)6-7-12(11)15/h6-7,9H,3-5,8H2,1-2H3. The molecule has 17 heavy (non-hydrogen) atoms. The number of benzene rings is 1. The van der Waals surface area contributed by atoms with Crippen molar-refractivity contribution < 1.29 is 4.79 Å². The molecular formula is C13H17BrClNO.